The Morgan fingerprint density at radius 1 is 1.26 bits per heavy atom. The second-order valence-corrected chi connectivity index (χ2v) is 5.83. The molecule has 1 fully saturated rings. The van der Waals surface area contributed by atoms with Crippen molar-refractivity contribution < 1.29 is 5.11 Å². The van der Waals surface area contributed by atoms with Gasteiger partial charge in [0.2, 0.25) is 0 Å². The standard InChI is InChI=1S/C17H21NO/c1-12-5-4-7-14(12)17(19)11-13-9-10-18-16-8-3-2-6-15(13)16/h2-3,6,8-10,12,14,17,19H,4-5,7,11H2,1H3. The average Bonchev–Trinajstić information content (AvgIpc) is 2.85. The molecule has 2 aromatic rings. The van der Waals surface area contributed by atoms with Gasteiger partial charge < -0.3 is 5.11 Å². The minimum Gasteiger partial charge on any atom is -0.392 e. The number of aromatic nitrogens is 1. The van der Waals surface area contributed by atoms with Crippen molar-refractivity contribution in [2.75, 3.05) is 0 Å². The third-order valence-corrected chi connectivity index (χ3v) is 4.59. The van der Waals surface area contributed by atoms with Crippen molar-refractivity contribution in [2.45, 2.75) is 38.7 Å². The van der Waals surface area contributed by atoms with E-state index < -0.39 is 0 Å². The lowest BCUT2D eigenvalue weighted by atomic mass is 9.88. The van der Waals surface area contributed by atoms with Crippen LogP contribution in [0.2, 0.25) is 0 Å². The summed E-state index contributed by atoms with van der Waals surface area (Å²) in [6.07, 6.45) is 6.08. The molecule has 0 amide bonds. The van der Waals surface area contributed by atoms with Gasteiger partial charge in [-0.2, -0.15) is 0 Å². The molecule has 0 aliphatic heterocycles. The number of hydrogen-bond donors (Lipinski definition) is 1. The lowest BCUT2D eigenvalue weighted by Gasteiger charge is -2.22. The molecule has 3 atom stereocenters. The zero-order valence-corrected chi connectivity index (χ0v) is 11.4. The monoisotopic (exact) mass is 255 g/mol. The second-order valence-electron chi connectivity index (χ2n) is 5.83. The number of benzene rings is 1. The SMILES string of the molecule is CC1CCCC1C(O)Cc1ccnc2ccccc12. The molecular weight excluding hydrogens is 234 g/mol. The number of rotatable bonds is 3. The summed E-state index contributed by atoms with van der Waals surface area (Å²) in [5.41, 5.74) is 2.24. The van der Waals surface area contributed by atoms with Gasteiger partial charge in [0, 0.05) is 11.6 Å². The third-order valence-electron chi connectivity index (χ3n) is 4.59. The van der Waals surface area contributed by atoms with Crippen LogP contribution in [0.5, 0.6) is 0 Å². The average molecular weight is 255 g/mol. The van der Waals surface area contributed by atoms with Crippen LogP contribution in [0.15, 0.2) is 36.5 Å². The van der Waals surface area contributed by atoms with Gasteiger partial charge in [-0.05, 0) is 42.4 Å². The van der Waals surface area contributed by atoms with Gasteiger partial charge in [0.15, 0.2) is 0 Å². The molecule has 1 heterocycles. The van der Waals surface area contributed by atoms with Gasteiger partial charge in [0.1, 0.15) is 0 Å². The quantitative estimate of drug-likeness (QED) is 0.909. The maximum Gasteiger partial charge on any atom is 0.0704 e. The molecule has 1 saturated carbocycles. The second kappa shape index (κ2) is 5.30. The Morgan fingerprint density at radius 2 is 2.11 bits per heavy atom. The highest BCUT2D eigenvalue weighted by Gasteiger charge is 2.29. The van der Waals surface area contributed by atoms with Gasteiger partial charge in [-0.1, -0.05) is 38.0 Å². The fourth-order valence-corrected chi connectivity index (χ4v) is 3.46. The highest BCUT2D eigenvalue weighted by molar-refractivity contribution is 5.81. The topological polar surface area (TPSA) is 33.1 Å². The molecule has 100 valence electrons. The summed E-state index contributed by atoms with van der Waals surface area (Å²) in [4.78, 5) is 4.38. The van der Waals surface area contributed by atoms with Crippen LogP contribution in [0, 0.1) is 11.8 Å². The first-order valence-electron chi connectivity index (χ1n) is 7.26. The fourth-order valence-electron chi connectivity index (χ4n) is 3.46. The molecule has 3 rings (SSSR count). The predicted molar refractivity (Wildman–Crippen MR) is 78.0 cm³/mol. The minimum absolute atomic E-state index is 0.219. The molecule has 0 bridgehead atoms. The lowest BCUT2D eigenvalue weighted by Crippen LogP contribution is -2.24. The Hall–Kier alpha value is -1.41. The summed E-state index contributed by atoms with van der Waals surface area (Å²) in [5.74, 6) is 1.12. The van der Waals surface area contributed by atoms with Gasteiger partial charge in [-0.25, -0.2) is 0 Å². The molecule has 1 N–H and O–H groups in total. The lowest BCUT2D eigenvalue weighted by molar-refractivity contribution is 0.0904. The number of pyridine rings is 1. The number of aliphatic hydroxyl groups excluding tert-OH is 1. The zero-order valence-electron chi connectivity index (χ0n) is 11.4. The molecule has 1 aromatic carbocycles. The molecule has 2 nitrogen and oxygen atoms in total. The van der Waals surface area contributed by atoms with E-state index in [1.165, 1.54) is 30.2 Å². The first-order valence-corrected chi connectivity index (χ1v) is 7.26. The van der Waals surface area contributed by atoms with Crippen LogP contribution < -0.4 is 0 Å². The molecule has 0 radical (unpaired) electrons. The van der Waals surface area contributed by atoms with E-state index in [4.69, 9.17) is 0 Å². The van der Waals surface area contributed by atoms with Gasteiger partial charge in [0.25, 0.3) is 0 Å². The van der Waals surface area contributed by atoms with Crippen LogP contribution >= 0.6 is 0 Å². The largest absolute Gasteiger partial charge is 0.392 e. The van der Waals surface area contributed by atoms with E-state index in [2.05, 4.69) is 18.0 Å². The van der Waals surface area contributed by atoms with E-state index in [-0.39, 0.29) is 6.10 Å². The Bertz CT molecular complexity index is 561. The Kier molecular flexibility index (Phi) is 3.52. The highest BCUT2D eigenvalue weighted by atomic mass is 16.3. The Labute approximate surface area is 114 Å². The molecule has 3 unspecified atom stereocenters. The summed E-state index contributed by atoms with van der Waals surface area (Å²) in [6, 6.07) is 10.2. The van der Waals surface area contributed by atoms with Gasteiger partial charge >= 0.3 is 0 Å². The molecular formula is C17H21NO. The maximum absolute atomic E-state index is 10.5. The van der Waals surface area contributed by atoms with E-state index in [1.807, 2.05) is 30.5 Å². The van der Waals surface area contributed by atoms with Crippen molar-refractivity contribution in [3.63, 3.8) is 0 Å². The van der Waals surface area contributed by atoms with Crippen LogP contribution in [-0.2, 0) is 6.42 Å². The number of para-hydroxylation sites is 1. The van der Waals surface area contributed by atoms with E-state index in [9.17, 15) is 5.11 Å². The molecule has 1 aliphatic rings. The van der Waals surface area contributed by atoms with Crippen molar-refractivity contribution in [1.82, 2.24) is 4.98 Å². The van der Waals surface area contributed by atoms with E-state index in [0.29, 0.717) is 11.8 Å². The number of aliphatic hydroxyl groups is 1. The Morgan fingerprint density at radius 3 is 2.89 bits per heavy atom. The smallest absolute Gasteiger partial charge is 0.0704 e. The molecule has 1 aromatic heterocycles. The maximum atomic E-state index is 10.5. The summed E-state index contributed by atoms with van der Waals surface area (Å²) >= 11 is 0. The van der Waals surface area contributed by atoms with Crippen molar-refractivity contribution in [1.29, 1.82) is 0 Å². The van der Waals surface area contributed by atoms with E-state index >= 15 is 0 Å². The summed E-state index contributed by atoms with van der Waals surface area (Å²) in [7, 11) is 0. The van der Waals surface area contributed by atoms with Crippen molar-refractivity contribution in [3.05, 3.63) is 42.1 Å². The highest BCUT2D eigenvalue weighted by Crippen LogP contribution is 2.35. The zero-order chi connectivity index (χ0) is 13.2. The molecule has 1 aliphatic carbocycles. The molecule has 19 heavy (non-hydrogen) atoms. The summed E-state index contributed by atoms with van der Waals surface area (Å²) < 4.78 is 0. The first-order chi connectivity index (χ1) is 9.25. The summed E-state index contributed by atoms with van der Waals surface area (Å²) in [5, 5.41) is 11.7. The van der Waals surface area contributed by atoms with Gasteiger partial charge in [0.05, 0.1) is 11.6 Å². The fraction of sp³-hybridized carbons (Fsp3) is 0.471. The molecule has 0 saturated heterocycles. The van der Waals surface area contributed by atoms with E-state index in [0.717, 1.165) is 11.9 Å². The van der Waals surface area contributed by atoms with Crippen LogP contribution in [-0.4, -0.2) is 16.2 Å². The number of hydrogen-bond acceptors (Lipinski definition) is 2. The molecule has 2 heteroatoms. The minimum atomic E-state index is -0.219. The van der Waals surface area contributed by atoms with Crippen LogP contribution in [0.4, 0.5) is 0 Å². The third kappa shape index (κ3) is 2.50. The van der Waals surface area contributed by atoms with Crippen LogP contribution in [0.3, 0.4) is 0 Å². The normalized spacial score (nSPS) is 24.7. The van der Waals surface area contributed by atoms with Crippen molar-refractivity contribution >= 4 is 10.9 Å². The Balaban J connectivity index is 1.85. The van der Waals surface area contributed by atoms with Gasteiger partial charge in [-0.15, -0.1) is 0 Å². The van der Waals surface area contributed by atoms with Crippen LogP contribution in [0.25, 0.3) is 10.9 Å². The van der Waals surface area contributed by atoms with E-state index in [1.54, 1.807) is 0 Å². The number of nitrogens with zero attached hydrogens (tertiary/aromatic N) is 1. The first kappa shape index (κ1) is 12.6. The molecule has 0 spiro atoms. The van der Waals surface area contributed by atoms with Crippen molar-refractivity contribution in [3.8, 4) is 0 Å². The number of fused-ring (bicyclic) bond motifs is 1. The summed E-state index contributed by atoms with van der Waals surface area (Å²) in [6.45, 7) is 2.27. The predicted octanol–water partition coefficient (Wildman–Crippen LogP) is 3.57. The van der Waals surface area contributed by atoms with Gasteiger partial charge in [-0.3, -0.25) is 4.98 Å². The van der Waals surface area contributed by atoms with Crippen LogP contribution in [0.1, 0.15) is 31.7 Å². The van der Waals surface area contributed by atoms with Crippen molar-refractivity contribution in [2.24, 2.45) is 11.8 Å².